The minimum Gasteiger partial charge on any atom is -0.0651 e. The molecule has 7 atom stereocenters. The molecular weight excluding hydrogens is 240 g/mol. The van der Waals surface area contributed by atoms with Gasteiger partial charge in [0, 0.05) is 0 Å². The molecule has 116 valence electrons. The molecule has 0 N–H and O–H groups in total. The van der Waals surface area contributed by atoms with E-state index in [-0.39, 0.29) is 0 Å². The highest BCUT2D eigenvalue weighted by Gasteiger charge is 2.62. The van der Waals surface area contributed by atoms with Crippen LogP contribution in [0, 0.1) is 46.3 Å². The Balaban J connectivity index is 1.42. The Kier molecular flexibility index (Phi) is 3.54. The van der Waals surface area contributed by atoms with Crippen molar-refractivity contribution in [3.8, 4) is 0 Å². The first-order valence-electron chi connectivity index (χ1n) is 9.29. The van der Waals surface area contributed by atoms with Gasteiger partial charge in [0.2, 0.25) is 0 Å². The zero-order valence-corrected chi connectivity index (χ0v) is 14.7. The zero-order valence-electron chi connectivity index (χ0n) is 14.7. The van der Waals surface area contributed by atoms with Crippen LogP contribution in [0.2, 0.25) is 0 Å². The fraction of sp³-hybridized carbons (Fsp3) is 1.00. The van der Waals surface area contributed by atoms with Crippen molar-refractivity contribution >= 4 is 0 Å². The maximum atomic E-state index is 2.60. The summed E-state index contributed by atoms with van der Waals surface area (Å²) in [5, 5.41) is 0. The molecule has 0 nitrogen and oxygen atoms in total. The second-order valence-corrected chi connectivity index (χ2v) is 9.62. The Labute approximate surface area is 127 Å². The molecule has 3 aliphatic carbocycles. The third-order valence-corrected chi connectivity index (χ3v) is 8.13. The Morgan fingerprint density at radius 2 is 1.80 bits per heavy atom. The molecule has 3 rings (SSSR count). The monoisotopic (exact) mass is 276 g/mol. The molecule has 0 aromatic heterocycles. The van der Waals surface area contributed by atoms with Gasteiger partial charge >= 0.3 is 0 Å². The Bertz CT molecular complexity index is 368. The van der Waals surface area contributed by atoms with Crippen LogP contribution < -0.4 is 0 Å². The lowest BCUT2D eigenvalue weighted by molar-refractivity contribution is -0.0443. The molecule has 0 amide bonds. The van der Waals surface area contributed by atoms with Gasteiger partial charge in [0.25, 0.3) is 0 Å². The first-order chi connectivity index (χ1) is 9.29. The summed E-state index contributed by atoms with van der Waals surface area (Å²) in [6, 6.07) is 0. The van der Waals surface area contributed by atoms with Crippen molar-refractivity contribution in [1.82, 2.24) is 0 Å². The molecule has 0 aromatic carbocycles. The summed E-state index contributed by atoms with van der Waals surface area (Å²) in [5.41, 5.74) is 1.36. The number of hydrogen-bond acceptors (Lipinski definition) is 0. The topological polar surface area (TPSA) is 0 Å². The van der Waals surface area contributed by atoms with Gasteiger partial charge in [0.1, 0.15) is 0 Å². The van der Waals surface area contributed by atoms with Crippen molar-refractivity contribution in [2.24, 2.45) is 46.3 Å². The smallest absolute Gasteiger partial charge is 0.0263 e. The summed E-state index contributed by atoms with van der Waals surface area (Å²) in [5.74, 6) is 6.23. The molecule has 20 heavy (non-hydrogen) atoms. The third-order valence-electron chi connectivity index (χ3n) is 8.13. The lowest BCUT2D eigenvalue weighted by Crippen LogP contribution is -2.46. The van der Waals surface area contributed by atoms with Gasteiger partial charge in [-0.15, -0.1) is 0 Å². The normalized spacial score (nSPS) is 50.4. The van der Waals surface area contributed by atoms with E-state index in [2.05, 4.69) is 41.5 Å². The lowest BCUT2D eigenvalue weighted by atomic mass is 9.52. The van der Waals surface area contributed by atoms with Crippen molar-refractivity contribution in [1.29, 1.82) is 0 Å². The molecule has 0 saturated heterocycles. The van der Waals surface area contributed by atoms with Gasteiger partial charge < -0.3 is 0 Å². The van der Waals surface area contributed by atoms with E-state index in [9.17, 15) is 0 Å². The van der Waals surface area contributed by atoms with E-state index in [1.807, 2.05) is 0 Å². The van der Waals surface area contributed by atoms with E-state index in [1.54, 1.807) is 19.3 Å². The lowest BCUT2D eigenvalue weighted by Gasteiger charge is -2.53. The van der Waals surface area contributed by atoms with Gasteiger partial charge in [-0.1, -0.05) is 48.0 Å². The van der Waals surface area contributed by atoms with Crippen LogP contribution in [-0.4, -0.2) is 0 Å². The van der Waals surface area contributed by atoms with Gasteiger partial charge in [0.05, 0.1) is 0 Å². The van der Waals surface area contributed by atoms with E-state index in [0.29, 0.717) is 5.41 Å². The van der Waals surface area contributed by atoms with Crippen LogP contribution in [-0.2, 0) is 0 Å². The highest BCUT2D eigenvalue weighted by molar-refractivity contribution is 5.11. The quantitative estimate of drug-likeness (QED) is 0.545. The SMILES string of the molecule is CCC(C)C1CC1CCC1CC1(C)C1CC(C)(C)C1C. The van der Waals surface area contributed by atoms with Crippen molar-refractivity contribution in [3.63, 3.8) is 0 Å². The van der Waals surface area contributed by atoms with Crippen LogP contribution >= 0.6 is 0 Å². The van der Waals surface area contributed by atoms with E-state index in [4.69, 9.17) is 0 Å². The molecule has 3 aliphatic rings. The van der Waals surface area contributed by atoms with Crippen molar-refractivity contribution in [2.45, 2.75) is 80.1 Å². The molecule has 0 heterocycles. The van der Waals surface area contributed by atoms with Gasteiger partial charge in [-0.25, -0.2) is 0 Å². The largest absolute Gasteiger partial charge is 0.0651 e. The Morgan fingerprint density at radius 1 is 1.10 bits per heavy atom. The summed E-state index contributed by atoms with van der Waals surface area (Å²) in [4.78, 5) is 0. The molecule has 3 fully saturated rings. The average Bonchev–Trinajstić information content (AvgIpc) is 3.29. The summed E-state index contributed by atoms with van der Waals surface area (Å²) < 4.78 is 0. The van der Waals surface area contributed by atoms with E-state index >= 15 is 0 Å². The van der Waals surface area contributed by atoms with Gasteiger partial charge in [-0.2, -0.15) is 0 Å². The van der Waals surface area contributed by atoms with Crippen LogP contribution in [0.5, 0.6) is 0 Å². The van der Waals surface area contributed by atoms with Crippen LogP contribution in [0.25, 0.3) is 0 Å². The summed E-state index contributed by atoms with van der Waals surface area (Å²) in [6.07, 6.45) is 9.04. The van der Waals surface area contributed by atoms with Gasteiger partial charge in [-0.3, -0.25) is 0 Å². The van der Waals surface area contributed by atoms with E-state index < -0.39 is 0 Å². The fourth-order valence-corrected chi connectivity index (χ4v) is 5.49. The summed E-state index contributed by atoms with van der Waals surface area (Å²) in [7, 11) is 0. The Hall–Kier alpha value is 0. The minimum atomic E-state index is 0.624. The van der Waals surface area contributed by atoms with Gasteiger partial charge in [0.15, 0.2) is 0 Å². The Morgan fingerprint density at radius 3 is 2.35 bits per heavy atom. The van der Waals surface area contributed by atoms with Crippen LogP contribution in [0.15, 0.2) is 0 Å². The first kappa shape index (κ1) is 14.9. The summed E-state index contributed by atoms with van der Waals surface area (Å²) in [6.45, 7) is 14.9. The highest BCUT2D eigenvalue weighted by atomic mass is 14.7. The maximum absolute atomic E-state index is 2.60. The predicted molar refractivity (Wildman–Crippen MR) is 87.6 cm³/mol. The third kappa shape index (κ3) is 2.35. The fourth-order valence-electron chi connectivity index (χ4n) is 5.49. The first-order valence-corrected chi connectivity index (χ1v) is 9.29. The van der Waals surface area contributed by atoms with Crippen LogP contribution in [0.4, 0.5) is 0 Å². The predicted octanol–water partition coefficient (Wildman–Crippen LogP) is 6.16. The van der Waals surface area contributed by atoms with Crippen molar-refractivity contribution in [3.05, 3.63) is 0 Å². The molecular formula is C20H36. The van der Waals surface area contributed by atoms with Crippen molar-refractivity contribution < 1.29 is 0 Å². The maximum Gasteiger partial charge on any atom is -0.0263 e. The molecule has 0 aromatic rings. The van der Waals surface area contributed by atoms with E-state index in [0.717, 1.165) is 40.9 Å². The summed E-state index contributed by atoms with van der Waals surface area (Å²) >= 11 is 0. The second-order valence-electron chi connectivity index (χ2n) is 9.62. The van der Waals surface area contributed by atoms with E-state index in [1.165, 1.54) is 19.3 Å². The standard InChI is InChI=1S/C20H36/c1-7-13(2)17-10-15(17)8-9-16-11-20(16,6)18-12-19(4,5)14(18)3/h13-18H,7-12H2,1-6H3. The molecule has 0 bridgehead atoms. The molecule has 7 unspecified atom stereocenters. The van der Waals surface area contributed by atoms with Gasteiger partial charge in [-0.05, 0) is 78.4 Å². The minimum absolute atomic E-state index is 0.624. The zero-order chi connectivity index (χ0) is 14.7. The molecule has 0 heteroatoms. The molecule has 0 spiro atoms. The highest BCUT2D eigenvalue weighted by Crippen LogP contribution is 2.70. The van der Waals surface area contributed by atoms with Crippen LogP contribution in [0.1, 0.15) is 80.1 Å². The number of hydrogen-bond donors (Lipinski definition) is 0. The second kappa shape index (κ2) is 4.75. The van der Waals surface area contributed by atoms with Crippen LogP contribution in [0.3, 0.4) is 0 Å². The molecule has 0 radical (unpaired) electrons. The average molecular weight is 277 g/mol. The van der Waals surface area contributed by atoms with Crippen molar-refractivity contribution in [2.75, 3.05) is 0 Å². The molecule has 0 aliphatic heterocycles. The molecule has 3 saturated carbocycles. The number of rotatable bonds is 6.